The van der Waals surface area contributed by atoms with Crippen LogP contribution in [0.25, 0.3) is 5.69 Å². The summed E-state index contributed by atoms with van der Waals surface area (Å²) in [5.41, 5.74) is 1.68. The van der Waals surface area contributed by atoms with Crippen molar-refractivity contribution in [2.45, 2.75) is 32.6 Å². The predicted octanol–water partition coefficient (Wildman–Crippen LogP) is 3.10. The van der Waals surface area contributed by atoms with Gasteiger partial charge in [0.05, 0.1) is 0 Å². The number of benzene rings is 1. The molecule has 1 aliphatic carbocycles. The topological polar surface area (TPSA) is 55.2 Å². The molecule has 136 valence electrons. The van der Waals surface area contributed by atoms with Gasteiger partial charge < -0.3 is 9.47 Å². The van der Waals surface area contributed by atoms with Gasteiger partial charge in [-0.1, -0.05) is 15.9 Å². The third-order valence-corrected chi connectivity index (χ3v) is 5.79. The molecule has 1 saturated heterocycles. The lowest BCUT2D eigenvalue weighted by molar-refractivity contribution is -0.131. The summed E-state index contributed by atoms with van der Waals surface area (Å²) in [7, 11) is 0. The normalized spacial score (nSPS) is 19.8. The molecule has 1 saturated carbocycles. The highest BCUT2D eigenvalue weighted by molar-refractivity contribution is 9.10. The molecule has 0 unspecified atom stereocenters. The fourth-order valence-electron chi connectivity index (χ4n) is 3.78. The van der Waals surface area contributed by atoms with Crippen molar-refractivity contribution >= 4 is 21.8 Å². The molecule has 0 radical (unpaired) electrons. The fourth-order valence-corrected chi connectivity index (χ4v) is 4.05. The molecule has 5 nitrogen and oxygen atoms in total. The molecule has 1 aromatic carbocycles. The van der Waals surface area contributed by atoms with Crippen molar-refractivity contribution < 1.29 is 4.79 Å². The van der Waals surface area contributed by atoms with Gasteiger partial charge in [-0.2, -0.15) is 4.98 Å². The van der Waals surface area contributed by atoms with Crippen LogP contribution in [0.5, 0.6) is 0 Å². The van der Waals surface area contributed by atoms with Gasteiger partial charge in [-0.15, -0.1) is 0 Å². The minimum Gasteiger partial charge on any atom is -0.342 e. The lowest BCUT2D eigenvalue weighted by Gasteiger charge is -2.19. The second-order valence-corrected chi connectivity index (χ2v) is 8.30. The van der Waals surface area contributed by atoms with E-state index in [-0.39, 0.29) is 11.5 Å². The molecule has 1 amide bonds. The molecule has 2 heterocycles. The van der Waals surface area contributed by atoms with Crippen molar-refractivity contribution in [3.63, 3.8) is 0 Å². The second kappa shape index (κ2) is 6.99. The van der Waals surface area contributed by atoms with Gasteiger partial charge >= 0.3 is 0 Å². The fraction of sp³-hybridized carbons (Fsp3) is 0.450. The van der Waals surface area contributed by atoms with E-state index in [1.54, 1.807) is 6.07 Å². The van der Waals surface area contributed by atoms with E-state index in [1.165, 1.54) is 0 Å². The Balaban J connectivity index is 1.59. The third kappa shape index (κ3) is 3.61. The Bertz CT molecular complexity index is 887. The van der Waals surface area contributed by atoms with Crippen molar-refractivity contribution in [1.82, 2.24) is 14.5 Å². The van der Waals surface area contributed by atoms with Gasteiger partial charge in [0.2, 0.25) is 5.91 Å². The van der Waals surface area contributed by atoms with E-state index in [4.69, 9.17) is 0 Å². The number of hydrogen-bond acceptors (Lipinski definition) is 3. The van der Waals surface area contributed by atoms with Crippen LogP contribution in [0.2, 0.25) is 0 Å². The zero-order valence-electron chi connectivity index (χ0n) is 14.8. The Morgan fingerprint density at radius 1 is 1.23 bits per heavy atom. The summed E-state index contributed by atoms with van der Waals surface area (Å²) < 4.78 is 3.07. The Morgan fingerprint density at radius 2 is 1.96 bits per heavy atom. The molecule has 4 rings (SSSR count). The Morgan fingerprint density at radius 3 is 2.65 bits per heavy atom. The minimum atomic E-state index is -0.199. The lowest BCUT2D eigenvalue weighted by Crippen LogP contribution is -2.30. The summed E-state index contributed by atoms with van der Waals surface area (Å²) >= 11 is 3.46. The van der Waals surface area contributed by atoms with Crippen LogP contribution in [0.4, 0.5) is 0 Å². The number of carbonyl (C=O) groups excluding carboxylic acids is 1. The summed E-state index contributed by atoms with van der Waals surface area (Å²) in [6, 6.07) is 9.59. The SMILES string of the molecule is Cc1cc(=O)nc(C[C@@H]2CCN(C(=O)C3CC3)C2)n1-c1ccc(Br)cc1. The van der Waals surface area contributed by atoms with Crippen LogP contribution in [0.1, 0.15) is 30.8 Å². The van der Waals surface area contributed by atoms with Gasteiger partial charge in [0.25, 0.3) is 5.56 Å². The first-order chi connectivity index (χ1) is 12.5. The molecule has 1 aromatic heterocycles. The van der Waals surface area contributed by atoms with Crippen LogP contribution >= 0.6 is 15.9 Å². The van der Waals surface area contributed by atoms with Crippen molar-refractivity contribution in [2.75, 3.05) is 13.1 Å². The summed E-state index contributed by atoms with van der Waals surface area (Å²) in [5.74, 6) is 1.72. The van der Waals surface area contributed by atoms with Gasteiger partial charge in [-0.05, 0) is 56.4 Å². The van der Waals surface area contributed by atoms with E-state index < -0.39 is 0 Å². The standard InChI is InChI=1S/C20H22BrN3O2/c1-13-10-19(25)22-18(24(13)17-6-4-16(21)5-7-17)11-14-8-9-23(12-14)20(26)15-2-3-15/h4-7,10,14-15H,2-3,8-9,11-12H2,1H3/t14-/m0/s1. The number of aryl methyl sites for hydroxylation is 1. The van der Waals surface area contributed by atoms with E-state index in [1.807, 2.05) is 36.1 Å². The summed E-state index contributed by atoms with van der Waals surface area (Å²) in [6.45, 7) is 3.54. The average molecular weight is 416 g/mol. The Labute approximate surface area is 161 Å². The van der Waals surface area contributed by atoms with E-state index in [0.717, 1.165) is 54.0 Å². The predicted molar refractivity (Wildman–Crippen MR) is 103 cm³/mol. The second-order valence-electron chi connectivity index (χ2n) is 7.38. The van der Waals surface area contributed by atoms with Crippen LogP contribution in [-0.2, 0) is 11.2 Å². The number of nitrogens with zero attached hydrogens (tertiary/aromatic N) is 3. The first-order valence-corrected chi connectivity index (χ1v) is 9.95. The van der Waals surface area contributed by atoms with E-state index in [9.17, 15) is 9.59 Å². The van der Waals surface area contributed by atoms with E-state index >= 15 is 0 Å². The van der Waals surface area contributed by atoms with E-state index in [2.05, 4.69) is 25.5 Å². The molecule has 0 spiro atoms. The monoisotopic (exact) mass is 415 g/mol. The number of carbonyl (C=O) groups is 1. The number of rotatable bonds is 4. The highest BCUT2D eigenvalue weighted by atomic mass is 79.9. The van der Waals surface area contributed by atoms with Gasteiger partial charge in [-0.3, -0.25) is 9.59 Å². The maximum atomic E-state index is 12.3. The van der Waals surface area contributed by atoms with Gasteiger partial charge in [-0.25, -0.2) is 0 Å². The maximum Gasteiger partial charge on any atom is 0.273 e. The summed E-state index contributed by atoms with van der Waals surface area (Å²) in [4.78, 5) is 30.6. The smallest absolute Gasteiger partial charge is 0.273 e. The molecule has 0 N–H and O–H groups in total. The highest BCUT2D eigenvalue weighted by Crippen LogP contribution is 2.33. The molecule has 1 aliphatic heterocycles. The van der Waals surface area contributed by atoms with Gasteiger partial charge in [0.1, 0.15) is 5.82 Å². The van der Waals surface area contributed by atoms with Crippen molar-refractivity contribution in [1.29, 1.82) is 0 Å². The summed E-state index contributed by atoms with van der Waals surface area (Å²) in [6.07, 6.45) is 3.77. The zero-order chi connectivity index (χ0) is 18.3. The number of halogens is 1. The van der Waals surface area contributed by atoms with Crippen LogP contribution < -0.4 is 5.56 Å². The molecule has 6 heteroatoms. The quantitative estimate of drug-likeness (QED) is 0.770. The number of likely N-dealkylation sites (tertiary alicyclic amines) is 1. The number of hydrogen-bond donors (Lipinski definition) is 0. The highest BCUT2D eigenvalue weighted by Gasteiger charge is 2.36. The average Bonchev–Trinajstić information content (AvgIpc) is 3.35. The molecule has 0 bridgehead atoms. The molecule has 2 fully saturated rings. The number of amides is 1. The first kappa shape index (κ1) is 17.5. The van der Waals surface area contributed by atoms with Crippen molar-refractivity contribution in [2.24, 2.45) is 11.8 Å². The van der Waals surface area contributed by atoms with Gasteiger partial charge in [0.15, 0.2) is 0 Å². The molecule has 26 heavy (non-hydrogen) atoms. The minimum absolute atomic E-state index is 0.199. The number of aromatic nitrogens is 2. The van der Waals surface area contributed by atoms with Crippen molar-refractivity contribution in [3.8, 4) is 5.69 Å². The molecule has 1 atom stereocenters. The van der Waals surface area contributed by atoms with Gasteiger partial charge in [0, 0.05) is 47.3 Å². The molecule has 2 aliphatic rings. The van der Waals surface area contributed by atoms with Crippen molar-refractivity contribution in [3.05, 3.63) is 56.7 Å². The molecular weight excluding hydrogens is 394 g/mol. The lowest BCUT2D eigenvalue weighted by atomic mass is 10.0. The maximum absolute atomic E-state index is 12.3. The largest absolute Gasteiger partial charge is 0.342 e. The summed E-state index contributed by atoms with van der Waals surface area (Å²) in [5, 5.41) is 0. The van der Waals surface area contributed by atoms with Crippen LogP contribution in [0.3, 0.4) is 0 Å². The Hall–Kier alpha value is -1.95. The van der Waals surface area contributed by atoms with Crippen LogP contribution in [0.15, 0.2) is 39.6 Å². The molecule has 2 aromatic rings. The van der Waals surface area contributed by atoms with Crippen LogP contribution in [-0.4, -0.2) is 33.4 Å². The first-order valence-electron chi connectivity index (χ1n) is 9.15. The third-order valence-electron chi connectivity index (χ3n) is 5.26. The Kier molecular flexibility index (Phi) is 4.69. The van der Waals surface area contributed by atoms with E-state index in [0.29, 0.717) is 18.2 Å². The molecular formula is C20H22BrN3O2. The van der Waals surface area contributed by atoms with Crippen LogP contribution in [0, 0.1) is 18.8 Å². The zero-order valence-corrected chi connectivity index (χ0v) is 16.4.